The van der Waals surface area contributed by atoms with Crippen LogP contribution in [0.1, 0.15) is 33.3 Å². The minimum absolute atomic E-state index is 0.340. The van der Waals surface area contributed by atoms with Gasteiger partial charge < -0.3 is 15.0 Å². The van der Waals surface area contributed by atoms with Crippen LogP contribution < -0.4 is 11.3 Å². The molecule has 2 rings (SSSR count). The van der Waals surface area contributed by atoms with E-state index in [4.69, 9.17) is 15.0 Å². The van der Waals surface area contributed by atoms with Crippen LogP contribution in [0, 0.1) is 6.92 Å². The molecular weight excluding hydrogens is 215 g/mol. The van der Waals surface area contributed by atoms with Crippen LogP contribution >= 0.6 is 0 Å². The minimum atomic E-state index is -0.416. The van der Waals surface area contributed by atoms with E-state index in [9.17, 15) is 0 Å². The topological polar surface area (TPSA) is 57.4 Å². The third-order valence-corrected chi connectivity index (χ3v) is 3.62. The molecule has 0 atom stereocenters. The zero-order valence-corrected chi connectivity index (χ0v) is 11.1. The van der Waals surface area contributed by atoms with E-state index in [1.54, 1.807) is 6.20 Å². The van der Waals surface area contributed by atoms with Crippen molar-refractivity contribution in [3.63, 3.8) is 0 Å². The fourth-order valence-corrected chi connectivity index (χ4v) is 1.81. The van der Waals surface area contributed by atoms with Crippen LogP contribution in [0.3, 0.4) is 0 Å². The number of anilines is 1. The predicted octanol–water partition coefficient (Wildman–Crippen LogP) is 1.27. The highest BCUT2D eigenvalue weighted by atomic mass is 16.7. The fraction of sp³-hybridized carbons (Fsp3) is 0.583. The molecule has 0 spiro atoms. The van der Waals surface area contributed by atoms with Gasteiger partial charge in [0.25, 0.3) is 0 Å². The number of pyridine rings is 1. The van der Waals surface area contributed by atoms with E-state index in [0.29, 0.717) is 5.69 Å². The lowest BCUT2D eigenvalue weighted by atomic mass is 9.81. The molecule has 0 amide bonds. The fourth-order valence-electron chi connectivity index (χ4n) is 1.81. The Morgan fingerprint density at radius 3 is 2.18 bits per heavy atom. The Hall–Kier alpha value is -1.07. The molecule has 1 fully saturated rings. The molecule has 1 aliphatic rings. The van der Waals surface area contributed by atoms with Gasteiger partial charge in [0, 0.05) is 6.20 Å². The van der Waals surface area contributed by atoms with Gasteiger partial charge in [0.15, 0.2) is 0 Å². The standard InChI is InChI=1S/C12H19BN2O2/c1-8-6-9(14)7-15-10(8)13-16-11(2,3)12(4,5)17-13/h6-7H,14H2,1-5H3. The summed E-state index contributed by atoms with van der Waals surface area (Å²) in [5.74, 6) is 0. The maximum atomic E-state index is 5.95. The molecule has 92 valence electrons. The van der Waals surface area contributed by atoms with Crippen LogP contribution in [0.25, 0.3) is 0 Å². The van der Waals surface area contributed by atoms with Gasteiger partial charge in [-0.15, -0.1) is 0 Å². The number of nitrogen functional groups attached to an aromatic ring is 1. The number of nitrogens with two attached hydrogens (primary N) is 1. The zero-order valence-electron chi connectivity index (χ0n) is 11.1. The second kappa shape index (κ2) is 3.72. The lowest BCUT2D eigenvalue weighted by molar-refractivity contribution is 0.00578. The molecule has 0 aliphatic carbocycles. The average molecular weight is 234 g/mol. The van der Waals surface area contributed by atoms with Crippen LogP contribution in [0.15, 0.2) is 12.3 Å². The van der Waals surface area contributed by atoms with Gasteiger partial charge in [0.05, 0.1) is 22.5 Å². The van der Waals surface area contributed by atoms with Crippen molar-refractivity contribution >= 4 is 18.4 Å². The number of aromatic nitrogens is 1. The van der Waals surface area contributed by atoms with Crippen molar-refractivity contribution in [3.8, 4) is 0 Å². The predicted molar refractivity (Wildman–Crippen MR) is 69.1 cm³/mol. The van der Waals surface area contributed by atoms with E-state index in [-0.39, 0.29) is 11.2 Å². The average Bonchev–Trinajstić information content (AvgIpc) is 2.35. The van der Waals surface area contributed by atoms with Gasteiger partial charge in [-0.1, -0.05) is 0 Å². The first-order chi connectivity index (χ1) is 7.73. The van der Waals surface area contributed by atoms with Gasteiger partial charge >= 0.3 is 7.12 Å². The highest BCUT2D eigenvalue weighted by Crippen LogP contribution is 2.36. The summed E-state index contributed by atoms with van der Waals surface area (Å²) in [4.78, 5) is 4.32. The van der Waals surface area contributed by atoms with Gasteiger partial charge in [-0.2, -0.15) is 0 Å². The maximum absolute atomic E-state index is 5.95. The smallest absolute Gasteiger partial charge is 0.398 e. The first-order valence-corrected chi connectivity index (χ1v) is 5.80. The Kier molecular flexibility index (Phi) is 2.71. The normalized spacial score (nSPS) is 21.8. The minimum Gasteiger partial charge on any atom is -0.398 e. The second-order valence-electron chi connectivity index (χ2n) is 5.56. The number of aryl methyl sites for hydroxylation is 1. The van der Waals surface area contributed by atoms with Crippen molar-refractivity contribution in [1.29, 1.82) is 0 Å². The summed E-state index contributed by atoms with van der Waals surface area (Å²) in [6, 6.07) is 1.88. The largest absolute Gasteiger partial charge is 0.514 e. The number of hydrogen-bond donors (Lipinski definition) is 1. The van der Waals surface area contributed by atoms with Crippen molar-refractivity contribution < 1.29 is 9.31 Å². The van der Waals surface area contributed by atoms with Crippen LogP contribution in [-0.4, -0.2) is 23.3 Å². The molecule has 1 aromatic heterocycles. The van der Waals surface area contributed by atoms with Crippen LogP contribution in [0.4, 0.5) is 5.69 Å². The van der Waals surface area contributed by atoms with E-state index in [1.807, 2.05) is 40.7 Å². The summed E-state index contributed by atoms with van der Waals surface area (Å²) < 4.78 is 11.9. The van der Waals surface area contributed by atoms with E-state index < -0.39 is 7.12 Å². The van der Waals surface area contributed by atoms with E-state index in [0.717, 1.165) is 11.2 Å². The van der Waals surface area contributed by atoms with Crippen molar-refractivity contribution in [2.24, 2.45) is 0 Å². The van der Waals surface area contributed by atoms with Crippen LogP contribution in [0.5, 0.6) is 0 Å². The van der Waals surface area contributed by atoms with E-state index >= 15 is 0 Å². The number of rotatable bonds is 1. The summed E-state index contributed by atoms with van der Waals surface area (Å²) in [5, 5.41) is 0. The molecule has 1 aliphatic heterocycles. The van der Waals surface area contributed by atoms with Crippen LogP contribution in [-0.2, 0) is 9.31 Å². The first-order valence-electron chi connectivity index (χ1n) is 5.80. The molecule has 0 unspecified atom stereocenters. The molecule has 0 radical (unpaired) electrons. The Bertz CT molecular complexity index is 430. The molecule has 1 saturated heterocycles. The Balaban J connectivity index is 2.32. The highest BCUT2D eigenvalue weighted by Gasteiger charge is 2.52. The van der Waals surface area contributed by atoms with Gasteiger partial charge in [0.1, 0.15) is 0 Å². The van der Waals surface area contributed by atoms with Gasteiger partial charge in [-0.3, -0.25) is 4.98 Å². The van der Waals surface area contributed by atoms with Crippen LogP contribution in [0.2, 0.25) is 0 Å². The third kappa shape index (κ3) is 2.05. The first kappa shape index (κ1) is 12.4. The molecule has 17 heavy (non-hydrogen) atoms. The van der Waals surface area contributed by atoms with E-state index in [2.05, 4.69) is 4.98 Å². The molecule has 0 aromatic carbocycles. The van der Waals surface area contributed by atoms with Crippen molar-refractivity contribution in [1.82, 2.24) is 4.98 Å². The molecule has 4 nitrogen and oxygen atoms in total. The monoisotopic (exact) mass is 234 g/mol. The summed E-state index contributed by atoms with van der Waals surface area (Å²) in [7, 11) is -0.416. The van der Waals surface area contributed by atoms with Gasteiger partial charge in [0.2, 0.25) is 0 Å². The highest BCUT2D eigenvalue weighted by molar-refractivity contribution is 6.61. The molecule has 0 bridgehead atoms. The second-order valence-corrected chi connectivity index (χ2v) is 5.56. The quantitative estimate of drug-likeness (QED) is 0.743. The molecule has 5 heteroatoms. The molecule has 0 saturated carbocycles. The molecular formula is C12H19BN2O2. The van der Waals surface area contributed by atoms with Crippen molar-refractivity contribution in [2.45, 2.75) is 45.8 Å². The lowest BCUT2D eigenvalue weighted by Crippen LogP contribution is -2.41. The Morgan fingerprint density at radius 2 is 1.71 bits per heavy atom. The molecule has 2 N–H and O–H groups in total. The zero-order chi connectivity index (χ0) is 12.8. The van der Waals surface area contributed by atoms with E-state index in [1.165, 1.54) is 0 Å². The molecule has 2 heterocycles. The summed E-state index contributed by atoms with van der Waals surface area (Å²) >= 11 is 0. The Morgan fingerprint density at radius 1 is 1.18 bits per heavy atom. The summed E-state index contributed by atoms with van der Waals surface area (Å²) in [5.41, 5.74) is 7.46. The van der Waals surface area contributed by atoms with Gasteiger partial charge in [-0.05, 0) is 46.2 Å². The third-order valence-electron chi connectivity index (χ3n) is 3.62. The molecule has 1 aromatic rings. The summed E-state index contributed by atoms with van der Waals surface area (Å²) in [6.45, 7) is 10.1. The van der Waals surface area contributed by atoms with Crippen molar-refractivity contribution in [2.75, 3.05) is 5.73 Å². The number of nitrogens with zero attached hydrogens (tertiary/aromatic N) is 1. The maximum Gasteiger partial charge on any atom is 0.514 e. The van der Waals surface area contributed by atoms with Gasteiger partial charge in [-0.25, -0.2) is 0 Å². The number of hydrogen-bond acceptors (Lipinski definition) is 4. The lowest BCUT2D eigenvalue weighted by Gasteiger charge is -2.32. The SMILES string of the molecule is Cc1cc(N)cnc1B1OC(C)(C)C(C)(C)O1. The Labute approximate surface area is 103 Å². The summed E-state index contributed by atoms with van der Waals surface area (Å²) in [6.07, 6.45) is 1.63. The van der Waals surface area contributed by atoms with Crippen molar-refractivity contribution in [3.05, 3.63) is 17.8 Å².